The summed E-state index contributed by atoms with van der Waals surface area (Å²) < 4.78 is 5.06. The van der Waals surface area contributed by atoms with Crippen LogP contribution in [0.25, 0.3) is 0 Å². The molecule has 8 heteroatoms. The zero-order valence-corrected chi connectivity index (χ0v) is 15.1. The van der Waals surface area contributed by atoms with Gasteiger partial charge in [0.25, 0.3) is 0 Å². The zero-order valence-electron chi connectivity index (χ0n) is 15.1. The Morgan fingerprint density at radius 2 is 1.77 bits per heavy atom. The summed E-state index contributed by atoms with van der Waals surface area (Å²) >= 11 is 0. The molecular formula is C18H25N3O5. The second-order valence-electron chi connectivity index (χ2n) is 6.32. The van der Waals surface area contributed by atoms with Crippen molar-refractivity contribution in [2.24, 2.45) is 5.92 Å². The van der Waals surface area contributed by atoms with E-state index in [-0.39, 0.29) is 24.8 Å². The van der Waals surface area contributed by atoms with Gasteiger partial charge in [-0.05, 0) is 24.3 Å². The number of methoxy groups -OCH3 is 1. The van der Waals surface area contributed by atoms with Gasteiger partial charge in [-0.2, -0.15) is 0 Å². The molecular weight excluding hydrogens is 338 g/mol. The van der Waals surface area contributed by atoms with E-state index in [1.54, 1.807) is 36.3 Å². The molecule has 0 saturated carbocycles. The molecule has 0 spiro atoms. The van der Waals surface area contributed by atoms with E-state index in [0.29, 0.717) is 37.6 Å². The molecule has 2 rings (SSSR count). The number of carboxylic acids is 1. The minimum atomic E-state index is -0.996. The molecule has 2 N–H and O–H groups in total. The number of nitrogens with one attached hydrogen (secondary N) is 1. The van der Waals surface area contributed by atoms with Crippen LogP contribution in [0, 0.1) is 5.92 Å². The van der Waals surface area contributed by atoms with Crippen LogP contribution in [0.3, 0.4) is 0 Å². The Morgan fingerprint density at radius 3 is 2.27 bits per heavy atom. The van der Waals surface area contributed by atoms with E-state index in [1.165, 1.54) is 6.92 Å². The van der Waals surface area contributed by atoms with Crippen molar-refractivity contribution in [2.45, 2.75) is 13.3 Å². The van der Waals surface area contributed by atoms with Gasteiger partial charge >= 0.3 is 5.97 Å². The highest BCUT2D eigenvalue weighted by Gasteiger charge is 2.27. The third-order valence-electron chi connectivity index (χ3n) is 4.45. The predicted octanol–water partition coefficient (Wildman–Crippen LogP) is 0.889. The fraction of sp³-hybridized carbons (Fsp3) is 0.500. The minimum absolute atomic E-state index is 0.0262. The van der Waals surface area contributed by atoms with Gasteiger partial charge in [-0.1, -0.05) is 0 Å². The van der Waals surface area contributed by atoms with Crippen LogP contribution in [-0.2, 0) is 14.4 Å². The molecule has 8 nitrogen and oxygen atoms in total. The van der Waals surface area contributed by atoms with E-state index in [1.807, 2.05) is 4.90 Å². The number of carboxylic acid groups (broad SMARTS) is 1. The van der Waals surface area contributed by atoms with E-state index < -0.39 is 11.9 Å². The fourth-order valence-electron chi connectivity index (χ4n) is 2.90. The summed E-state index contributed by atoms with van der Waals surface area (Å²) in [6.45, 7) is 4.21. The molecule has 26 heavy (non-hydrogen) atoms. The lowest BCUT2D eigenvalue weighted by Gasteiger charge is -2.35. The molecule has 0 aliphatic carbocycles. The second kappa shape index (κ2) is 9.19. The van der Waals surface area contributed by atoms with Crippen molar-refractivity contribution >= 4 is 23.5 Å². The first-order valence-corrected chi connectivity index (χ1v) is 8.53. The molecule has 0 aromatic heterocycles. The monoisotopic (exact) mass is 363 g/mol. The van der Waals surface area contributed by atoms with Crippen LogP contribution in [-0.4, -0.2) is 72.5 Å². The largest absolute Gasteiger partial charge is 0.497 e. The van der Waals surface area contributed by atoms with Gasteiger partial charge in [0.05, 0.1) is 13.0 Å². The van der Waals surface area contributed by atoms with Gasteiger partial charge in [0.2, 0.25) is 11.8 Å². The number of hydrogen-bond donors (Lipinski definition) is 2. The SMILES string of the molecule is COc1ccc(NC(=O)C[C@@H](CN2CCN(C(C)=O)CC2)C(=O)O)cc1. The number of anilines is 1. The van der Waals surface area contributed by atoms with Gasteiger partial charge in [-0.25, -0.2) is 0 Å². The van der Waals surface area contributed by atoms with E-state index >= 15 is 0 Å². The van der Waals surface area contributed by atoms with E-state index in [0.717, 1.165) is 0 Å². The highest BCUT2D eigenvalue weighted by Crippen LogP contribution is 2.16. The zero-order chi connectivity index (χ0) is 19.1. The van der Waals surface area contributed by atoms with Crippen LogP contribution in [0.1, 0.15) is 13.3 Å². The van der Waals surface area contributed by atoms with Crippen LogP contribution in [0.4, 0.5) is 5.69 Å². The molecule has 1 aliphatic heterocycles. The van der Waals surface area contributed by atoms with Crippen molar-refractivity contribution in [3.63, 3.8) is 0 Å². The number of piperazine rings is 1. The molecule has 1 aromatic carbocycles. The first kappa shape index (κ1) is 19.7. The van der Waals surface area contributed by atoms with Crippen LogP contribution in [0.5, 0.6) is 5.75 Å². The van der Waals surface area contributed by atoms with Gasteiger partial charge in [0, 0.05) is 51.8 Å². The topological polar surface area (TPSA) is 99.2 Å². The lowest BCUT2D eigenvalue weighted by molar-refractivity contribution is -0.144. The number of aliphatic carboxylic acids is 1. The van der Waals surface area contributed by atoms with Gasteiger partial charge in [0.1, 0.15) is 5.75 Å². The Labute approximate surface area is 152 Å². The van der Waals surface area contributed by atoms with Crippen LogP contribution in [0.15, 0.2) is 24.3 Å². The van der Waals surface area contributed by atoms with E-state index in [2.05, 4.69) is 5.32 Å². The van der Waals surface area contributed by atoms with E-state index in [4.69, 9.17) is 4.74 Å². The van der Waals surface area contributed by atoms with Gasteiger partial charge < -0.3 is 20.1 Å². The summed E-state index contributed by atoms with van der Waals surface area (Å²) in [7, 11) is 1.56. The average Bonchev–Trinajstić information content (AvgIpc) is 2.62. The molecule has 2 amide bonds. The summed E-state index contributed by atoms with van der Waals surface area (Å²) in [5, 5.41) is 12.1. The van der Waals surface area contributed by atoms with Crippen molar-refractivity contribution in [3.05, 3.63) is 24.3 Å². The van der Waals surface area contributed by atoms with Crippen molar-refractivity contribution in [1.82, 2.24) is 9.80 Å². The van der Waals surface area contributed by atoms with E-state index in [9.17, 15) is 19.5 Å². The molecule has 1 saturated heterocycles. The number of rotatable bonds is 7. The summed E-state index contributed by atoms with van der Waals surface area (Å²) in [5.41, 5.74) is 0.593. The van der Waals surface area contributed by atoms with Crippen LogP contribution >= 0.6 is 0 Å². The summed E-state index contributed by atoms with van der Waals surface area (Å²) in [6.07, 6.45) is -0.103. The first-order chi connectivity index (χ1) is 12.4. The number of amides is 2. The normalized spacial score (nSPS) is 16.0. The van der Waals surface area contributed by atoms with Crippen LogP contribution in [0.2, 0.25) is 0 Å². The van der Waals surface area contributed by atoms with Crippen molar-refractivity contribution in [2.75, 3.05) is 45.2 Å². The minimum Gasteiger partial charge on any atom is -0.497 e. The summed E-state index contributed by atoms with van der Waals surface area (Å²) in [6, 6.07) is 6.85. The van der Waals surface area contributed by atoms with Gasteiger partial charge in [-0.3, -0.25) is 19.3 Å². The first-order valence-electron chi connectivity index (χ1n) is 8.53. The number of carbonyl (C=O) groups is 3. The molecule has 1 heterocycles. The fourth-order valence-corrected chi connectivity index (χ4v) is 2.90. The number of hydrogen-bond acceptors (Lipinski definition) is 5. The van der Waals surface area contributed by atoms with Crippen molar-refractivity contribution < 1.29 is 24.2 Å². The smallest absolute Gasteiger partial charge is 0.308 e. The third kappa shape index (κ3) is 5.73. The maximum Gasteiger partial charge on any atom is 0.308 e. The van der Waals surface area contributed by atoms with Gasteiger partial charge in [0.15, 0.2) is 0 Å². The van der Waals surface area contributed by atoms with Gasteiger partial charge in [-0.15, -0.1) is 0 Å². The number of carbonyl (C=O) groups excluding carboxylic acids is 2. The lowest BCUT2D eigenvalue weighted by atomic mass is 10.0. The van der Waals surface area contributed by atoms with Crippen LogP contribution < -0.4 is 10.1 Å². The molecule has 142 valence electrons. The second-order valence-corrected chi connectivity index (χ2v) is 6.32. The average molecular weight is 363 g/mol. The number of ether oxygens (including phenoxy) is 1. The number of nitrogens with zero attached hydrogens (tertiary/aromatic N) is 2. The molecule has 0 unspecified atom stereocenters. The van der Waals surface area contributed by atoms with Crippen molar-refractivity contribution in [1.29, 1.82) is 0 Å². The molecule has 0 radical (unpaired) electrons. The molecule has 1 fully saturated rings. The highest BCUT2D eigenvalue weighted by molar-refractivity contribution is 5.93. The Kier molecular flexibility index (Phi) is 6.97. The molecule has 1 atom stereocenters. The Hall–Kier alpha value is -2.61. The quantitative estimate of drug-likeness (QED) is 0.746. The predicted molar refractivity (Wildman–Crippen MR) is 96.1 cm³/mol. The lowest BCUT2D eigenvalue weighted by Crippen LogP contribution is -2.50. The summed E-state index contributed by atoms with van der Waals surface area (Å²) in [5.74, 6) is -1.43. The third-order valence-corrected chi connectivity index (χ3v) is 4.45. The number of benzene rings is 1. The standard InChI is InChI=1S/C18H25N3O5/c1-13(22)21-9-7-20(8-10-21)12-14(18(24)25)11-17(23)19-15-3-5-16(26-2)6-4-15/h3-6,14H,7-12H2,1-2H3,(H,19,23)(H,24,25)/t14-/m0/s1. The maximum atomic E-state index is 12.2. The van der Waals surface area contributed by atoms with Crippen molar-refractivity contribution in [3.8, 4) is 5.75 Å². The highest BCUT2D eigenvalue weighted by atomic mass is 16.5. The molecule has 0 bridgehead atoms. The Morgan fingerprint density at radius 1 is 1.15 bits per heavy atom. The molecule has 1 aromatic rings. The Bertz CT molecular complexity index is 639. The maximum absolute atomic E-state index is 12.2. The molecule has 1 aliphatic rings. The Balaban J connectivity index is 1.86. The summed E-state index contributed by atoms with van der Waals surface area (Å²) in [4.78, 5) is 38.8.